The highest BCUT2D eigenvalue weighted by Gasteiger charge is 2.24. The second-order valence-corrected chi connectivity index (χ2v) is 6.14. The molecule has 4 heteroatoms. The fourth-order valence-corrected chi connectivity index (χ4v) is 2.77. The second-order valence-electron chi connectivity index (χ2n) is 4.77. The van der Waals surface area contributed by atoms with Crippen LogP contribution in [0.15, 0.2) is 18.2 Å². The first-order valence-corrected chi connectivity index (χ1v) is 7.06. The molecule has 1 fully saturated rings. The van der Waals surface area contributed by atoms with Gasteiger partial charge in [-0.15, -0.1) is 11.6 Å². The molecule has 1 heterocycles. The summed E-state index contributed by atoms with van der Waals surface area (Å²) in [5, 5.41) is 1.49. The van der Waals surface area contributed by atoms with Gasteiger partial charge >= 0.3 is 0 Å². The first-order valence-electron chi connectivity index (χ1n) is 5.86. The van der Waals surface area contributed by atoms with Crippen LogP contribution >= 0.6 is 34.8 Å². The number of alkyl halides is 1. The number of halogens is 3. The number of benzene rings is 1. The maximum absolute atomic E-state index is 6.30. The van der Waals surface area contributed by atoms with Gasteiger partial charge in [0.15, 0.2) is 0 Å². The van der Waals surface area contributed by atoms with Crippen molar-refractivity contribution in [3.05, 3.63) is 33.8 Å². The third-order valence-corrected chi connectivity index (χ3v) is 4.65. The van der Waals surface area contributed by atoms with E-state index in [-0.39, 0.29) is 5.38 Å². The van der Waals surface area contributed by atoms with Crippen molar-refractivity contribution in [2.24, 2.45) is 5.92 Å². The van der Waals surface area contributed by atoms with E-state index in [0.29, 0.717) is 16.0 Å². The van der Waals surface area contributed by atoms with Crippen molar-refractivity contribution in [3.8, 4) is 0 Å². The Bertz CT molecular complexity index is 394. The maximum Gasteiger partial charge on any atom is 0.0595 e. The van der Waals surface area contributed by atoms with Crippen LogP contribution in [-0.4, -0.2) is 23.4 Å². The quantitative estimate of drug-likeness (QED) is 0.728. The van der Waals surface area contributed by atoms with Gasteiger partial charge in [0, 0.05) is 18.5 Å². The molecule has 1 aliphatic rings. The van der Waals surface area contributed by atoms with Gasteiger partial charge in [-0.1, -0.05) is 36.2 Å². The number of piperidine rings is 1. The normalized spacial score (nSPS) is 26.1. The molecule has 1 aliphatic heterocycles. The van der Waals surface area contributed by atoms with Gasteiger partial charge in [-0.2, -0.15) is 0 Å². The molecule has 0 radical (unpaired) electrons. The molecule has 0 aromatic heterocycles. The summed E-state index contributed by atoms with van der Waals surface area (Å²) in [6.07, 6.45) is 1.16. The molecule has 0 saturated carbocycles. The van der Waals surface area contributed by atoms with Crippen LogP contribution in [0.1, 0.15) is 18.9 Å². The Morgan fingerprint density at radius 1 is 1.29 bits per heavy atom. The lowest BCUT2D eigenvalue weighted by atomic mass is 9.98. The predicted octanol–water partition coefficient (Wildman–Crippen LogP) is 4.44. The largest absolute Gasteiger partial charge is 0.298 e. The molecule has 2 atom stereocenters. The smallest absolute Gasteiger partial charge is 0.0595 e. The molecule has 0 spiro atoms. The topological polar surface area (TPSA) is 3.24 Å². The summed E-state index contributed by atoms with van der Waals surface area (Å²) in [4.78, 5) is 2.37. The maximum atomic E-state index is 6.30. The molecule has 94 valence electrons. The standard InChI is InChI=1S/C13H16Cl3N/c1-9-4-5-17(8-13(9)16)7-10-2-3-11(14)12(15)6-10/h2-3,6,9,13H,4-5,7-8H2,1H3. The van der Waals surface area contributed by atoms with E-state index in [0.717, 1.165) is 26.1 Å². The summed E-state index contributed by atoms with van der Waals surface area (Å²) < 4.78 is 0. The second kappa shape index (κ2) is 5.79. The molecular formula is C13H16Cl3N. The van der Waals surface area contributed by atoms with Crippen LogP contribution in [0.4, 0.5) is 0 Å². The Morgan fingerprint density at radius 2 is 2.06 bits per heavy atom. The van der Waals surface area contributed by atoms with Crippen molar-refractivity contribution >= 4 is 34.8 Å². The molecule has 17 heavy (non-hydrogen) atoms. The number of hydrogen-bond donors (Lipinski definition) is 0. The Balaban J connectivity index is 1.99. The van der Waals surface area contributed by atoms with Crippen molar-refractivity contribution in [1.29, 1.82) is 0 Å². The van der Waals surface area contributed by atoms with Crippen LogP contribution in [0.3, 0.4) is 0 Å². The van der Waals surface area contributed by atoms with Gasteiger partial charge in [-0.25, -0.2) is 0 Å². The van der Waals surface area contributed by atoms with Crippen LogP contribution in [0, 0.1) is 5.92 Å². The monoisotopic (exact) mass is 291 g/mol. The average Bonchev–Trinajstić information content (AvgIpc) is 2.29. The summed E-state index contributed by atoms with van der Waals surface area (Å²) in [6.45, 7) is 5.16. The van der Waals surface area contributed by atoms with Gasteiger partial charge in [0.25, 0.3) is 0 Å². The minimum Gasteiger partial charge on any atom is -0.298 e. The van der Waals surface area contributed by atoms with Crippen molar-refractivity contribution in [1.82, 2.24) is 4.90 Å². The third kappa shape index (κ3) is 3.51. The van der Waals surface area contributed by atoms with E-state index in [2.05, 4.69) is 11.8 Å². The molecule has 2 rings (SSSR count). The van der Waals surface area contributed by atoms with E-state index in [4.69, 9.17) is 34.8 Å². The SMILES string of the molecule is CC1CCN(Cc2ccc(Cl)c(Cl)c2)CC1Cl. The molecule has 0 bridgehead atoms. The summed E-state index contributed by atoms with van der Waals surface area (Å²) in [5.74, 6) is 0.613. The van der Waals surface area contributed by atoms with Gasteiger partial charge in [-0.05, 0) is 36.6 Å². The van der Waals surface area contributed by atoms with Gasteiger partial charge in [0.1, 0.15) is 0 Å². The molecule has 1 nitrogen and oxygen atoms in total. The zero-order chi connectivity index (χ0) is 12.4. The van der Waals surface area contributed by atoms with Gasteiger partial charge in [-0.3, -0.25) is 4.90 Å². The minimum atomic E-state index is 0.256. The average molecular weight is 293 g/mol. The summed E-state index contributed by atoms with van der Waals surface area (Å²) >= 11 is 18.2. The Hall–Kier alpha value is 0.0500. The fraction of sp³-hybridized carbons (Fsp3) is 0.538. The lowest BCUT2D eigenvalue weighted by Gasteiger charge is -2.33. The molecule has 1 saturated heterocycles. The van der Waals surface area contributed by atoms with Crippen LogP contribution in [0.25, 0.3) is 0 Å². The van der Waals surface area contributed by atoms with Crippen molar-refractivity contribution in [3.63, 3.8) is 0 Å². The summed E-state index contributed by atoms with van der Waals surface area (Å²) in [5.41, 5.74) is 1.19. The molecule has 0 N–H and O–H groups in total. The Morgan fingerprint density at radius 3 is 2.71 bits per heavy atom. The van der Waals surface area contributed by atoms with E-state index >= 15 is 0 Å². The van der Waals surface area contributed by atoms with E-state index in [1.165, 1.54) is 5.56 Å². The molecule has 0 amide bonds. The number of rotatable bonds is 2. The van der Waals surface area contributed by atoms with E-state index in [1.807, 2.05) is 18.2 Å². The van der Waals surface area contributed by atoms with Crippen molar-refractivity contribution in [2.75, 3.05) is 13.1 Å². The predicted molar refractivity (Wildman–Crippen MR) is 75.2 cm³/mol. The highest BCUT2D eigenvalue weighted by molar-refractivity contribution is 6.42. The molecule has 2 unspecified atom stereocenters. The third-order valence-electron chi connectivity index (χ3n) is 3.34. The highest BCUT2D eigenvalue weighted by atomic mass is 35.5. The lowest BCUT2D eigenvalue weighted by Crippen LogP contribution is -2.39. The minimum absolute atomic E-state index is 0.256. The number of likely N-dealkylation sites (tertiary alicyclic amines) is 1. The molecule has 1 aromatic rings. The van der Waals surface area contributed by atoms with Gasteiger partial charge in [0.2, 0.25) is 0 Å². The van der Waals surface area contributed by atoms with Crippen molar-refractivity contribution in [2.45, 2.75) is 25.3 Å². The van der Waals surface area contributed by atoms with E-state index in [1.54, 1.807) is 0 Å². The van der Waals surface area contributed by atoms with E-state index < -0.39 is 0 Å². The zero-order valence-corrected chi connectivity index (χ0v) is 12.1. The van der Waals surface area contributed by atoms with Crippen molar-refractivity contribution < 1.29 is 0 Å². The Labute approximate surface area is 118 Å². The summed E-state index contributed by atoms with van der Waals surface area (Å²) in [6, 6.07) is 5.81. The van der Waals surface area contributed by atoms with Crippen LogP contribution in [-0.2, 0) is 6.54 Å². The first-order chi connectivity index (χ1) is 8.06. The van der Waals surface area contributed by atoms with Crippen LogP contribution in [0.2, 0.25) is 10.0 Å². The number of hydrogen-bond acceptors (Lipinski definition) is 1. The molecule has 0 aliphatic carbocycles. The first kappa shape index (κ1) is 13.5. The Kier molecular flexibility index (Phi) is 4.59. The van der Waals surface area contributed by atoms with Crippen LogP contribution in [0.5, 0.6) is 0 Å². The lowest BCUT2D eigenvalue weighted by molar-refractivity contribution is 0.189. The summed E-state index contributed by atoms with van der Waals surface area (Å²) in [7, 11) is 0. The van der Waals surface area contributed by atoms with Gasteiger partial charge in [0.05, 0.1) is 10.0 Å². The highest BCUT2D eigenvalue weighted by Crippen LogP contribution is 2.26. The van der Waals surface area contributed by atoms with Gasteiger partial charge < -0.3 is 0 Å². The number of nitrogens with zero attached hydrogens (tertiary/aromatic N) is 1. The van der Waals surface area contributed by atoms with Crippen LogP contribution < -0.4 is 0 Å². The fourth-order valence-electron chi connectivity index (χ4n) is 2.12. The van der Waals surface area contributed by atoms with E-state index in [9.17, 15) is 0 Å². The zero-order valence-electron chi connectivity index (χ0n) is 9.80. The molecule has 1 aromatic carbocycles. The molecular weight excluding hydrogens is 277 g/mol.